The number of aliphatic carboxylic acids is 1. The molecule has 9 rings (SSSR count). The third kappa shape index (κ3) is 18.8. The van der Waals surface area contributed by atoms with E-state index in [1.807, 2.05) is 66.7 Å². The van der Waals surface area contributed by atoms with Gasteiger partial charge in [0.25, 0.3) is 0 Å². The summed E-state index contributed by atoms with van der Waals surface area (Å²) in [6, 6.07) is 4.18. The van der Waals surface area contributed by atoms with Crippen molar-refractivity contribution in [1.82, 2.24) is 0 Å². The number of carbonyl (C=O) groups excluding carboxylic acids is 3. The van der Waals surface area contributed by atoms with Crippen LogP contribution in [0.5, 0.6) is 0 Å². The Balaban J connectivity index is 0.000000873. The molecule has 4 N–H and O–H groups in total. The molecule has 16 heteroatoms. The standard InChI is InChI=1S/C13H22O3.C13H20O3.C9H14O3.C8H15NO.C7H12O2.C6H8O.2CH4.Na.H2O/c2*1-4-5-8-15-11(14)10-9-12(2)6-7-13(10,3)16-12;1-8-3-4-9(2,12-8)6(5-8)7(10)11;1-7-3-4-8(2,10-7)6(9)5-7;1-3-5-6-9-7(8)4-2;1-5-3-4-6(2)7-5;;;;/h10H,4-9H2,1-3H3;6-7,10H,4-5,8-9H2,1-3H3;6H,3-5H2,1-2H3,(H,10,11);6H,3-5,9H2,1-2H3;4H,2-3,5-6H2,1H3;3-4H,1-2H3;2*1H4;;1H2/q;;;;;;;;+1;/p-1/t2*10-,12?,13?;6-,8?,9?;6-,7?,8?;;;;;;/m0001....../s1. The normalized spacial score (nSPS) is 36.0. The quantitative estimate of drug-likeness (QED) is 0.0470. The van der Waals surface area contributed by atoms with E-state index in [0.29, 0.717) is 26.2 Å². The van der Waals surface area contributed by atoms with Gasteiger partial charge >= 0.3 is 53.4 Å². The molecule has 422 valence electrons. The first-order chi connectivity index (χ1) is 32.6. The van der Waals surface area contributed by atoms with Crippen molar-refractivity contribution in [3.63, 3.8) is 0 Å². The Morgan fingerprint density at radius 2 is 1.03 bits per heavy atom. The third-order valence-electron chi connectivity index (χ3n) is 15.7. The average Bonchev–Trinajstić information content (AvgIpc) is 4.18. The van der Waals surface area contributed by atoms with Gasteiger partial charge in [0.2, 0.25) is 0 Å². The summed E-state index contributed by atoms with van der Waals surface area (Å²) < 4.78 is 43.8. The summed E-state index contributed by atoms with van der Waals surface area (Å²) >= 11 is 0. The second-order valence-electron chi connectivity index (χ2n) is 22.9. The van der Waals surface area contributed by atoms with Gasteiger partial charge in [-0.05, 0) is 165 Å². The zero-order valence-corrected chi connectivity index (χ0v) is 48.7. The fraction of sp³-hybridized carbons (Fsp3) is 0.793. The first-order valence-corrected chi connectivity index (χ1v) is 26.2. The first-order valence-electron chi connectivity index (χ1n) is 26.2. The van der Waals surface area contributed by atoms with Crippen LogP contribution < -0.4 is 35.3 Å². The van der Waals surface area contributed by atoms with Crippen LogP contribution in [0, 0.1) is 31.6 Å². The number of carboxylic acids is 1. The third-order valence-corrected chi connectivity index (χ3v) is 15.7. The zero-order chi connectivity index (χ0) is 52.4. The van der Waals surface area contributed by atoms with E-state index in [1.165, 1.54) is 12.5 Å². The summed E-state index contributed by atoms with van der Waals surface area (Å²) in [7, 11) is 0. The van der Waals surface area contributed by atoms with Crippen molar-refractivity contribution in [2.45, 2.75) is 258 Å². The number of carbonyl (C=O) groups is 4. The molecule has 8 aliphatic rings. The van der Waals surface area contributed by atoms with Crippen molar-refractivity contribution in [3.05, 3.63) is 48.5 Å². The number of aryl methyl sites for hydroxylation is 2. The average molecular weight is 1060 g/mol. The molecular formula is C58H100NNaO14. The van der Waals surface area contributed by atoms with Crippen LogP contribution in [0.2, 0.25) is 0 Å². The zero-order valence-electron chi connectivity index (χ0n) is 46.7. The Morgan fingerprint density at radius 1 is 0.622 bits per heavy atom. The number of rotatable bonds is 13. The minimum Gasteiger partial charge on any atom is -0.870 e. The van der Waals surface area contributed by atoms with Crippen molar-refractivity contribution in [3.8, 4) is 0 Å². The number of unbranched alkanes of at least 4 members (excludes halogenated alkanes) is 3. The smallest absolute Gasteiger partial charge is 0.870 e. The van der Waals surface area contributed by atoms with Crippen molar-refractivity contribution in [2.75, 3.05) is 19.8 Å². The number of furan rings is 1. The van der Waals surface area contributed by atoms with E-state index in [9.17, 15) is 19.2 Å². The van der Waals surface area contributed by atoms with E-state index in [1.54, 1.807) is 0 Å². The molecule has 9 heterocycles. The van der Waals surface area contributed by atoms with Crippen LogP contribution in [0.4, 0.5) is 0 Å². The van der Waals surface area contributed by atoms with Crippen molar-refractivity contribution >= 4 is 23.9 Å². The molecule has 0 aliphatic carbocycles. The summed E-state index contributed by atoms with van der Waals surface area (Å²) in [5, 5.41) is 8.93. The van der Waals surface area contributed by atoms with Gasteiger partial charge in [-0.1, -0.05) is 73.6 Å². The summed E-state index contributed by atoms with van der Waals surface area (Å²) in [6.45, 7) is 31.4. The van der Waals surface area contributed by atoms with E-state index in [2.05, 4.69) is 58.9 Å². The Hall–Kier alpha value is -2.60. The van der Waals surface area contributed by atoms with E-state index in [4.69, 9.17) is 43.7 Å². The number of nitrogens with two attached hydrogens (primary N) is 1. The molecular weight excluding hydrogens is 958 g/mol. The summed E-state index contributed by atoms with van der Waals surface area (Å²) in [5.74, 6) is 0.279. The molecule has 0 aromatic carbocycles. The molecule has 7 saturated heterocycles. The molecule has 12 atom stereocenters. The van der Waals surface area contributed by atoms with Gasteiger partial charge in [-0.2, -0.15) is 0 Å². The Morgan fingerprint density at radius 3 is 1.28 bits per heavy atom. The number of fused-ring (bicyclic) bond motifs is 8. The van der Waals surface area contributed by atoms with Gasteiger partial charge in [0.05, 0.1) is 82.4 Å². The van der Waals surface area contributed by atoms with Crippen molar-refractivity contribution < 1.29 is 96.9 Å². The minimum absolute atomic E-state index is 0. The molecule has 15 nitrogen and oxygen atoms in total. The maximum atomic E-state index is 12.0. The maximum absolute atomic E-state index is 12.0. The predicted molar refractivity (Wildman–Crippen MR) is 284 cm³/mol. The van der Waals surface area contributed by atoms with Crippen LogP contribution in [-0.4, -0.2) is 105 Å². The molecule has 0 spiro atoms. The van der Waals surface area contributed by atoms with Gasteiger partial charge in [-0.25, -0.2) is 4.79 Å². The number of hydrogen-bond donors (Lipinski definition) is 2. The molecule has 0 amide bonds. The molecule has 1 aromatic heterocycles. The van der Waals surface area contributed by atoms with Crippen LogP contribution in [0.15, 0.2) is 41.4 Å². The number of esters is 3. The van der Waals surface area contributed by atoms with Crippen LogP contribution in [0.25, 0.3) is 0 Å². The van der Waals surface area contributed by atoms with Gasteiger partial charge < -0.3 is 53.9 Å². The van der Waals surface area contributed by atoms with E-state index >= 15 is 0 Å². The SMILES string of the molecule is C.C.C=CC(=O)OCCCC.CC12CCC(C)(O1)[C@H](C(=O)O)C2.CC12CCC(C)(O1)[C@H](N)C2.CCCCOC(=O)[C@@H]1CC2(C)C=CC1(C)O2.CCCCOC(=O)[C@@H]1CC2(C)CCC1(C)O2.Cc1ccc(C)o1.[Na+].[OH-]. The fourth-order valence-corrected chi connectivity index (χ4v) is 11.3. The molecule has 8 aliphatic heterocycles. The summed E-state index contributed by atoms with van der Waals surface area (Å²) in [6.07, 6.45) is 20.8. The topological polar surface area (TPSA) is 222 Å². The second-order valence-corrected chi connectivity index (χ2v) is 22.9. The van der Waals surface area contributed by atoms with Gasteiger partial charge in [0, 0.05) is 12.1 Å². The molecule has 8 bridgehead atoms. The maximum Gasteiger partial charge on any atom is 1.00 e. The van der Waals surface area contributed by atoms with E-state index < -0.39 is 11.6 Å². The largest absolute Gasteiger partial charge is 1.00 e. The van der Waals surface area contributed by atoms with Gasteiger partial charge in [-0.3, -0.25) is 14.4 Å². The molecule has 8 unspecified atom stereocenters. The molecule has 0 saturated carbocycles. The van der Waals surface area contributed by atoms with Crippen LogP contribution in [0.1, 0.15) is 205 Å². The second kappa shape index (κ2) is 29.4. The van der Waals surface area contributed by atoms with Crippen LogP contribution in [-0.2, 0) is 52.3 Å². The summed E-state index contributed by atoms with van der Waals surface area (Å²) in [5.41, 5.74) is 4.45. The number of ether oxygens (including phenoxy) is 7. The Labute approximate surface area is 468 Å². The monoisotopic (exact) mass is 1060 g/mol. The van der Waals surface area contributed by atoms with Crippen molar-refractivity contribution in [1.29, 1.82) is 0 Å². The van der Waals surface area contributed by atoms with Crippen molar-refractivity contribution in [2.24, 2.45) is 23.5 Å². The van der Waals surface area contributed by atoms with Crippen LogP contribution in [0.3, 0.4) is 0 Å². The number of hydrogen-bond acceptors (Lipinski definition) is 14. The number of carboxylic acid groups (broad SMARTS) is 1. The van der Waals surface area contributed by atoms with E-state index in [0.717, 1.165) is 101 Å². The molecule has 7 fully saturated rings. The Bertz CT molecular complexity index is 1960. The fourth-order valence-electron chi connectivity index (χ4n) is 11.3. The summed E-state index contributed by atoms with van der Waals surface area (Å²) in [4.78, 5) is 45.1. The molecule has 1 aromatic rings. The Kier molecular flexibility index (Phi) is 28.4. The van der Waals surface area contributed by atoms with E-state index in [-0.39, 0.29) is 131 Å². The van der Waals surface area contributed by atoms with Gasteiger partial charge in [0.15, 0.2) is 0 Å². The van der Waals surface area contributed by atoms with Gasteiger partial charge in [0.1, 0.15) is 11.5 Å². The van der Waals surface area contributed by atoms with Gasteiger partial charge in [-0.15, -0.1) is 0 Å². The molecule has 74 heavy (non-hydrogen) atoms. The molecule has 0 radical (unpaired) electrons. The minimum atomic E-state index is -0.707. The van der Waals surface area contributed by atoms with Crippen LogP contribution >= 0.6 is 0 Å². The first kappa shape index (κ1) is 71.4. The predicted octanol–water partition coefficient (Wildman–Crippen LogP) is 9.11.